The number of rotatable bonds is 3. The predicted octanol–water partition coefficient (Wildman–Crippen LogP) is 2.17. The Labute approximate surface area is 106 Å². The zero-order chi connectivity index (χ0) is 11.5. The zero-order valence-electron chi connectivity index (χ0n) is 8.81. The summed E-state index contributed by atoms with van der Waals surface area (Å²) in [5, 5.41) is 7.97. The summed E-state index contributed by atoms with van der Waals surface area (Å²) >= 11 is 5.01. The van der Waals surface area contributed by atoms with Crippen LogP contribution in [0.15, 0.2) is 33.1 Å². The van der Waals surface area contributed by atoms with Gasteiger partial charge in [0.25, 0.3) is 0 Å². The minimum absolute atomic E-state index is 0.779. The largest absolute Gasteiger partial charge is 0.372 e. The quantitative estimate of drug-likeness (QED) is 0.880. The zero-order valence-corrected chi connectivity index (χ0v) is 11.2. The molecule has 0 unspecified atom stereocenters. The minimum Gasteiger partial charge on any atom is -0.372 e. The minimum atomic E-state index is 0.779. The average Bonchev–Trinajstić information content (AvgIpc) is 2.67. The Morgan fingerprint density at radius 1 is 1.44 bits per heavy atom. The van der Waals surface area contributed by atoms with Crippen molar-refractivity contribution in [1.29, 1.82) is 0 Å². The van der Waals surface area contributed by atoms with E-state index in [1.165, 1.54) is 6.33 Å². The third-order valence-electron chi connectivity index (χ3n) is 1.89. The predicted molar refractivity (Wildman–Crippen MR) is 66.6 cm³/mol. The normalized spacial score (nSPS) is 10.4. The van der Waals surface area contributed by atoms with Crippen molar-refractivity contribution in [2.24, 2.45) is 7.05 Å². The van der Waals surface area contributed by atoms with E-state index in [-0.39, 0.29) is 0 Å². The fraction of sp³-hybridized carbons (Fsp3) is 0.222. The van der Waals surface area contributed by atoms with Crippen molar-refractivity contribution < 1.29 is 0 Å². The van der Waals surface area contributed by atoms with Crippen LogP contribution in [-0.4, -0.2) is 26.8 Å². The molecular weight excluding hydrogens is 290 g/mol. The molecule has 1 N–H and O–H groups in total. The molecule has 0 saturated heterocycles. The Bertz CT molecular complexity index is 498. The van der Waals surface area contributed by atoms with Crippen LogP contribution in [0.5, 0.6) is 0 Å². The highest BCUT2D eigenvalue weighted by atomic mass is 79.9. The summed E-state index contributed by atoms with van der Waals surface area (Å²) in [6.45, 7) is 0. The molecule has 2 aromatic heterocycles. The second-order valence-corrected chi connectivity index (χ2v) is 4.90. The van der Waals surface area contributed by atoms with Crippen LogP contribution in [-0.2, 0) is 7.05 Å². The second kappa shape index (κ2) is 4.84. The summed E-state index contributed by atoms with van der Waals surface area (Å²) in [6, 6.07) is 0. The van der Waals surface area contributed by atoms with Gasteiger partial charge in [-0.3, -0.25) is 4.68 Å². The van der Waals surface area contributed by atoms with Gasteiger partial charge in [0.1, 0.15) is 17.2 Å². The van der Waals surface area contributed by atoms with Crippen molar-refractivity contribution in [3.8, 4) is 0 Å². The van der Waals surface area contributed by atoms with Crippen molar-refractivity contribution in [1.82, 2.24) is 19.7 Å². The number of aryl methyl sites for hydroxylation is 1. The van der Waals surface area contributed by atoms with Gasteiger partial charge in [-0.25, -0.2) is 9.97 Å². The summed E-state index contributed by atoms with van der Waals surface area (Å²) in [5.41, 5.74) is 0. The van der Waals surface area contributed by atoms with Gasteiger partial charge in [-0.2, -0.15) is 5.10 Å². The molecule has 2 rings (SSSR count). The van der Waals surface area contributed by atoms with E-state index in [2.05, 4.69) is 36.3 Å². The Balaban J connectivity index is 2.28. The van der Waals surface area contributed by atoms with E-state index in [4.69, 9.17) is 0 Å². The van der Waals surface area contributed by atoms with Crippen LogP contribution in [0.2, 0.25) is 0 Å². The van der Waals surface area contributed by atoms with E-state index in [1.54, 1.807) is 22.6 Å². The molecule has 0 saturated carbocycles. The van der Waals surface area contributed by atoms with Crippen molar-refractivity contribution in [3.05, 3.63) is 23.2 Å². The third kappa shape index (κ3) is 2.35. The highest BCUT2D eigenvalue weighted by Crippen LogP contribution is 2.34. The first-order valence-corrected chi connectivity index (χ1v) is 6.16. The molecule has 0 aliphatic carbocycles. The van der Waals surface area contributed by atoms with E-state index in [9.17, 15) is 0 Å². The van der Waals surface area contributed by atoms with E-state index in [1.807, 2.05) is 20.3 Å². The lowest BCUT2D eigenvalue weighted by molar-refractivity contribution is 0.766. The van der Waals surface area contributed by atoms with Crippen LogP contribution in [0.1, 0.15) is 0 Å². The van der Waals surface area contributed by atoms with Crippen LogP contribution in [0.3, 0.4) is 0 Å². The number of halogens is 1. The highest BCUT2D eigenvalue weighted by molar-refractivity contribution is 9.10. The van der Waals surface area contributed by atoms with Crippen LogP contribution >= 0.6 is 27.7 Å². The van der Waals surface area contributed by atoms with Crippen LogP contribution in [0, 0.1) is 0 Å². The third-order valence-corrected chi connectivity index (χ3v) is 3.85. The van der Waals surface area contributed by atoms with Crippen molar-refractivity contribution in [3.63, 3.8) is 0 Å². The maximum Gasteiger partial charge on any atom is 0.144 e. The molecule has 0 atom stereocenters. The summed E-state index contributed by atoms with van der Waals surface area (Å²) in [5.74, 6) is 0.779. The van der Waals surface area contributed by atoms with Gasteiger partial charge in [-0.1, -0.05) is 11.8 Å². The fourth-order valence-electron chi connectivity index (χ4n) is 1.16. The van der Waals surface area contributed by atoms with Gasteiger partial charge in [0.05, 0.1) is 15.6 Å². The first-order chi connectivity index (χ1) is 7.70. The first kappa shape index (κ1) is 11.4. The molecule has 0 fully saturated rings. The Kier molecular flexibility index (Phi) is 3.45. The van der Waals surface area contributed by atoms with E-state index < -0.39 is 0 Å². The lowest BCUT2D eigenvalue weighted by atomic mass is 10.6. The van der Waals surface area contributed by atoms with Crippen LogP contribution in [0.4, 0.5) is 5.82 Å². The lowest BCUT2D eigenvalue weighted by Gasteiger charge is -2.05. The molecule has 84 valence electrons. The van der Waals surface area contributed by atoms with Gasteiger partial charge >= 0.3 is 0 Å². The molecule has 0 aromatic carbocycles. The summed E-state index contributed by atoms with van der Waals surface area (Å²) in [7, 11) is 3.71. The van der Waals surface area contributed by atoms with Crippen molar-refractivity contribution in [2.75, 3.05) is 12.4 Å². The summed E-state index contributed by atoms with van der Waals surface area (Å²) in [4.78, 5) is 9.37. The maximum atomic E-state index is 4.22. The topological polar surface area (TPSA) is 55.6 Å². The SMILES string of the molecule is CNc1ncnc(Sc2cnn(C)c2)c1Br. The van der Waals surface area contributed by atoms with E-state index in [0.29, 0.717) is 0 Å². The standard InChI is InChI=1S/C9H10BrN5S/c1-11-8-7(10)9(13-5-12-8)16-6-3-14-15(2)4-6/h3-5H,1-2H3,(H,11,12,13). The lowest BCUT2D eigenvalue weighted by Crippen LogP contribution is -1.95. The van der Waals surface area contributed by atoms with E-state index in [0.717, 1.165) is 20.2 Å². The summed E-state index contributed by atoms with van der Waals surface area (Å²) < 4.78 is 2.63. The Morgan fingerprint density at radius 3 is 2.88 bits per heavy atom. The molecule has 0 aliphatic heterocycles. The summed E-state index contributed by atoms with van der Waals surface area (Å²) in [6.07, 6.45) is 5.28. The molecule has 0 amide bonds. The molecule has 16 heavy (non-hydrogen) atoms. The molecule has 0 bridgehead atoms. The van der Waals surface area contributed by atoms with E-state index >= 15 is 0 Å². The molecule has 2 aromatic rings. The van der Waals surface area contributed by atoms with Crippen LogP contribution in [0.25, 0.3) is 0 Å². The van der Waals surface area contributed by atoms with Gasteiger partial charge < -0.3 is 5.32 Å². The number of anilines is 1. The van der Waals surface area contributed by atoms with Gasteiger partial charge in [0.15, 0.2) is 0 Å². The van der Waals surface area contributed by atoms with Gasteiger partial charge in [-0.15, -0.1) is 0 Å². The molecule has 7 heteroatoms. The number of nitrogens with zero attached hydrogens (tertiary/aromatic N) is 4. The maximum absolute atomic E-state index is 4.22. The number of hydrogen-bond acceptors (Lipinski definition) is 5. The fourth-order valence-corrected chi connectivity index (χ4v) is 2.62. The molecule has 0 aliphatic rings. The molecule has 0 spiro atoms. The molecule has 5 nitrogen and oxygen atoms in total. The van der Waals surface area contributed by atoms with Crippen molar-refractivity contribution >= 4 is 33.5 Å². The highest BCUT2D eigenvalue weighted by Gasteiger charge is 2.09. The molecule has 0 radical (unpaired) electrons. The van der Waals surface area contributed by atoms with Gasteiger partial charge in [0, 0.05) is 20.3 Å². The number of hydrogen-bond donors (Lipinski definition) is 1. The number of aromatic nitrogens is 4. The monoisotopic (exact) mass is 299 g/mol. The second-order valence-electron chi connectivity index (χ2n) is 3.04. The van der Waals surface area contributed by atoms with Gasteiger partial charge in [-0.05, 0) is 15.9 Å². The molecular formula is C9H10BrN5S. The molecule has 2 heterocycles. The van der Waals surface area contributed by atoms with Crippen LogP contribution < -0.4 is 5.32 Å². The Hall–Kier alpha value is -1.08. The van der Waals surface area contributed by atoms with Crippen molar-refractivity contribution in [2.45, 2.75) is 9.92 Å². The Morgan fingerprint density at radius 2 is 2.25 bits per heavy atom. The smallest absolute Gasteiger partial charge is 0.144 e. The first-order valence-electron chi connectivity index (χ1n) is 4.55. The average molecular weight is 300 g/mol. The number of nitrogens with one attached hydrogen (secondary N) is 1. The van der Waals surface area contributed by atoms with Gasteiger partial charge in [0.2, 0.25) is 0 Å².